The van der Waals surface area contributed by atoms with Gasteiger partial charge in [-0.2, -0.15) is 0 Å². The number of rotatable bonds is 7. The van der Waals surface area contributed by atoms with Crippen LogP contribution in [0.5, 0.6) is 0 Å². The topological polar surface area (TPSA) is 92.6 Å². The van der Waals surface area contributed by atoms with Gasteiger partial charge in [-0.25, -0.2) is 19.6 Å². The summed E-state index contributed by atoms with van der Waals surface area (Å²) in [5.41, 5.74) is 4.03. The fourth-order valence-corrected chi connectivity index (χ4v) is 4.13. The number of nitrogens with zero attached hydrogens (tertiary/aromatic N) is 5. The summed E-state index contributed by atoms with van der Waals surface area (Å²) >= 11 is 0. The highest BCUT2D eigenvalue weighted by molar-refractivity contribution is 5.83. The maximum Gasteiger partial charge on any atom is 0.328 e. The van der Waals surface area contributed by atoms with Gasteiger partial charge in [-0.15, -0.1) is 0 Å². The second kappa shape index (κ2) is 10.6. The van der Waals surface area contributed by atoms with Crippen molar-refractivity contribution in [1.82, 2.24) is 29.7 Å². The first-order valence-corrected chi connectivity index (χ1v) is 11.9. The van der Waals surface area contributed by atoms with Crippen LogP contribution in [0.4, 0.5) is 4.79 Å². The average Bonchev–Trinajstić information content (AvgIpc) is 3.22. The lowest BCUT2D eigenvalue weighted by Gasteiger charge is -2.35. The number of nitrogens with one attached hydrogen (secondary N) is 1. The second-order valence-electron chi connectivity index (χ2n) is 8.42. The molecule has 3 aromatic rings. The minimum atomic E-state index is -0.669. The molecule has 180 valence electrons. The fraction of sp³-hybridized carbons (Fsp3) is 0.440. The van der Waals surface area contributed by atoms with E-state index in [0.717, 1.165) is 29.1 Å². The monoisotopic (exact) mass is 464 g/mol. The molecule has 0 saturated carbocycles. The third-order valence-corrected chi connectivity index (χ3v) is 6.09. The molecule has 1 fully saturated rings. The Bertz CT molecular complexity index is 1140. The van der Waals surface area contributed by atoms with E-state index in [1.165, 1.54) is 5.56 Å². The SMILES string of the molecule is CCOC(=O)C(C)NC(=O)N1CCN(Cc2nc3cccnc3n2-c2ccc(CC)cc2)CC1. The van der Waals surface area contributed by atoms with Crippen LogP contribution < -0.4 is 5.32 Å². The molecule has 1 aliphatic rings. The molecule has 34 heavy (non-hydrogen) atoms. The molecule has 3 heterocycles. The minimum absolute atomic E-state index is 0.243. The lowest BCUT2D eigenvalue weighted by molar-refractivity contribution is -0.144. The summed E-state index contributed by atoms with van der Waals surface area (Å²) in [5.74, 6) is 0.501. The zero-order valence-corrected chi connectivity index (χ0v) is 20.0. The summed E-state index contributed by atoms with van der Waals surface area (Å²) in [6.45, 7) is 9.05. The molecule has 0 spiro atoms. The van der Waals surface area contributed by atoms with Gasteiger partial charge >= 0.3 is 12.0 Å². The Kier molecular flexibility index (Phi) is 7.42. The molecule has 1 aliphatic heterocycles. The van der Waals surface area contributed by atoms with E-state index in [4.69, 9.17) is 9.72 Å². The molecule has 0 bridgehead atoms. The first-order valence-electron chi connectivity index (χ1n) is 11.9. The van der Waals surface area contributed by atoms with Crippen LogP contribution >= 0.6 is 0 Å². The molecule has 1 atom stereocenters. The zero-order valence-electron chi connectivity index (χ0n) is 20.0. The van der Waals surface area contributed by atoms with Crippen molar-refractivity contribution in [1.29, 1.82) is 0 Å². The number of aryl methyl sites for hydroxylation is 1. The van der Waals surface area contributed by atoms with Gasteiger partial charge in [-0.05, 0) is 50.1 Å². The van der Waals surface area contributed by atoms with Gasteiger partial charge < -0.3 is 15.0 Å². The molecule has 1 unspecified atom stereocenters. The fourth-order valence-electron chi connectivity index (χ4n) is 4.13. The average molecular weight is 465 g/mol. The van der Waals surface area contributed by atoms with Gasteiger partial charge in [0, 0.05) is 38.1 Å². The number of pyridine rings is 1. The predicted octanol–water partition coefficient (Wildman–Crippen LogP) is 2.76. The Morgan fingerprint density at radius 1 is 1.09 bits per heavy atom. The molecule has 2 aromatic heterocycles. The summed E-state index contributed by atoms with van der Waals surface area (Å²) in [6, 6.07) is 11.5. The van der Waals surface area contributed by atoms with Crippen LogP contribution in [-0.4, -0.2) is 75.2 Å². The van der Waals surface area contributed by atoms with E-state index in [2.05, 4.69) is 51.0 Å². The van der Waals surface area contributed by atoms with E-state index < -0.39 is 12.0 Å². The van der Waals surface area contributed by atoms with Crippen LogP contribution in [0.2, 0.25) is 0 Å². The number of amides is 2. The molecular weight excluding hydrogens is 432 g/mol. The van der Waals surface area contributed by atoms with Crippen LogP contribution in [0.15, 0.2) is 42.6 Å². The molecule has 1 saturated heterocycles. The molecule has 9 heteroatoms. The molecule has 1 aromatic carbocycles. The number of hydrogen-bond acceptors (Lipinski definition) is 6. The van der Waals surface area contributed by atoms with E-state index in [0.29, 0.717) is 39.3 Å². The van der Waals surface area contributed by atoms with Gasteiger partial charge in [0.05, 0.1) is 13.2 Å². The molecule has 0 aliphatic carbocycles. The van der Waals surface area contributed by atoms with Crippen LogP contribution in [0.25, 0.3) is 16.9 Å². The number of benzene rings is 1. The smallest absolute Gasteiger partial charge is 0.328 e. The van der Waals surface area contributed by atoms with Gasteiger partial charge in [-0.3, -0.25) is 9.47 Å². The minimum Gasteiger partial charge on any atom is -0.464 e. The van der Waals surface area contributed by atoms with Crippen molar-refractivity contribution in [2.24, 2.45) is 0 Å². The molecular formula is C25H32N6O3. The Morgan fingerprint density at radius 2 is 1.82 bits per heavy atom. The summed E-state index contributed by atoms with van der Waals surface area (Å²) < 4.78 is 7.09. The van der Waals surface area contributed by atoms with Gasteiger partial charge in [0.15, 0.2) is 5.65 Å². The van der Waals surface area contributed by atoms with Gasteiger partial charge in [0.25, 0.3) is 0 Å². The number of fused-ring (bicyclic) bond motifs is 1. The zero-order chi connectivity index (χ0) is 24.1. The maximum absolute atomic E-state index is 12.6. The second-order valence-corrected chi connectivity index (χ2v) is 8.42. The molecule has 2 amide bonds. The first-order chi connectivity index (χ1) is 16.5. The number of carbonyl (C=O) groups is 2. The molecule has 0 radical (unpaired) electrons. The third-order valence-electron chi connectivity index (χ3n) is 6.09. The number of piperazine rings is 1. The van der Waals surface area contributed by atoms with Crippen LogP contribution in [-0.2, 0) is 22.5 Å². The number of esters is 1. The summed E-state index contributed by atoms with van der Waals surface area (Å²) in [4.78, 5) is 37.8. The van der Waals surface area contributed by atoms with E-state index in [-0.39, 0.29) is 6.03 Å². The molecule has 1 N–H and O–H groups in total. The summed E-state index contributed by atoms with van der Waals surface area (Å²) in [6.07, 6.45) is 2.78. The Labute approximate surface area is 199 Å². The van der Waals surface area contributed by atoms with Crippen molar-refractivity contribution >= 4 is 23.2 Å². The predicted molar refractivity (Wildman–Crippen MR) is 130 cm³/mol. The first kappa shape index (κ1) is 23.7. The number of carbonyl (C=O) groups excluding carboxylic acids is 2. The summed E-state index contributed by atoms with van der Waals surface area (Å²) in [7, 11) is 0. The molecule has 4 rings (SSSR count). The van der Waals surface area contributed by atoms with Crippen molar-refractivity contribution in [3.63, 3.8) is 0 Å². The Balaban J connectivity index is 1.44. The number of ether oxygens (including phenoxy) is 1. The maximum atomic E-state index is 12.6. The number of urea groups is 1. The quantitative estimate of drug-likeness (QED) is 0.541. The van der Waals surface area contributed by atoms with E-state index in [1.807, 2.05) is 12.1 Å². The highest BCUT2D eigenvalue weighted by Gasteiger charge is 2.25. The third kappa shape index (κ3) is 5.20. The largest absolute Gasteiger partial charge is 0.464 e. The van der Waals surface area contributed by atoms with Gasteiger partial charge in [-0.1, -0.05) is 19.1 Å². The van der Waals surface area contributed by atoms with Gasteiger partial charge in [0.1, 0.15) is 17.4 Å². The van der Waals surface area contributed by atoms with Gasteiger partial charge in [0.2, 0.25) is 0 Å². The van der Waals surface area contributed by atoms with Crippen molar-refractivity contribution in [3.05, 3.63) is 54.0 Å². The van der Waals surface area contributed by atoms with Crippen LogP contribution in [0.3, 0.4) is 0 Å². The normalized spacial score (nSPS) is 15.3. The van der Waals surface area contributed by atoms with Crippen molar-refractivity contribution < 1.29 is 14.3 Å². The Hall–Kier alpha value is -3.46. The highest BCUT2D eigenvalue weighted by atomic mass is 16.5. The van der Waals surface area contributed by atoms with E-state index in [9.17, 15) is 9.59 Å². The Morgan fingerprint density at radius 3 is 2.50 bits per heavy atom. The number of aromatic nitrogens is 3. The summed E-state index contributed by atoms with van der Waals surface area (Å²) in [5, 5.41) is 2.73. The van der Waals surface area contributed by atoms with Crippen molar-refractivity contribution in [2.45, 2.75) is 39.8 Å². The number of imidazole rings is 1. The van der Waals surface area contributed by atoms with Crippen LogP contribution in [0, 0.1) is 0 Å². The van der Waals surface area contributed by atoms with Crippen molar-refractivity contribution in [2.75, 3.05) is 32.8 Å². The van der Waals surface area contributed by atoms with E-state index in [1.54, 1.807) is 24.9 Å². The van der Waals surface area contributed by atoms with Crippen molar-refractivity contribution in [3.8, 4) is 5.69 Å². The lowest BCUT2D eigenvalue weighted by Crippen LogP contribution is -2.54. The molecule has 9 nitrogen and oxygen atoms in total. The lowest BCUT2D eigenvalue weighted by atomic mass is 10.1. The highest BCUT2D eigenvalue weighted by Crippen LogP contribution is 2.22. The number of hydrogen-bond donors (Lipinski definition) is 1. The standard InChI is InChI=1S/C25H32N6O3/c1-4-19-8-10-20(11-9-19)31-22(28-21-7-6-12-26-23(21)31)17-29-13-15-30(16-14-29)25(33)27-18(3)24(32)34-5-2/h6-12,18H,4-5,13-17H2,1-3H3,(H,27,33). The van der Waals surface area contributed by atoms with Crippen LogP contribution in [0.1, 0.15) is 32.2 Å². The van der Waals surface area contributed by atoms with E-state index >= 15 is 0 Å².